The first-order chi connectivity index (χ1) is 9.02. The number of nitrogens with zero attached hydrogens (tertiary/aromatic N) is 1. The van der Waals surface area contributed by atoms with Crippen LogP contribution in [0.2, 0.25) is 0 Å². The van der Waals surface area contributed by atoms with E-state index in [1.165, 1.54) is 0 Å². The lowest BCUT2D eigenvalue weighted by Crippen LogP contribution is -2.63. The zero-order chi connectivity index (χ0) is 13.9. The number of hydrogen-bond acceptors (Lipinski definition) is 3. The fourth-order valence-corrected chi connectivity index (χ4v) is 2.62. The summed E-state index contributed by atoms with van der Waals surface area (Å²) in [6, 6.07) is 7.62. The molecule has 0 bridgehead atoms. The number of carbonyl (C=O) groups excluding carboxylic acids is 1. The maximum absolute atomic E-state index is 12.0. The maximum Gasteiger partial charge on any atom is 0.223 e. The molecule has 104 valence electrons. The zero-order valence-electron chi connectivity index (χ0n) is 11.4. The lowest BCUT2D eigenvalue weighted by atomic mass is 9.89. The summed E-state index contributed by atoms with van der Waals surface area (Å²) in [6.45, 7) is 3.01. The second-order valence-electron chi connectivity index (χ2n) is 5.47. The van der Waals surface area contributed by atoms with Gasteiger partial charge in [-0.2, -0.15) is 0 Å². The van der Waals surface area contributed by atoms with Crippen molar-refractivity contribution in [3.05, 3.63) is 29.8 Å². The van der Waals surface area contributed by atoms with Crippen LogP contribution in [0, 0.1) is 0 Å². The highest BCUT2D eigenvalue weighted by Gasteiger charge is 2.42. The molecule has 1 amide bonds. The predicted octanol–water partition coefficient (Wildman–Crippen LogP) is 1.57. The largest absolute Gasteiger partial charge is 0.399 e. The number of β-amino-alcohol motifs (C(OH)–C–C–N with tert-alkyl or cyclic N) is 1. The zero-order valence-corrected chi connectivity index (χ0v) is 11.4. The van der Waals surface area contributed by atoms with E-state index in [9.17, 15) is 9.90 Å². The Morgan fingerprint density at radius 3 is 2.84 bits per heavy atom. The van der Waals surface area contributed by atoms with Gasteiger partial charge in [-0.15, -0.1) is 0 Å². The van der Waals surface area contributed by atoms with E-state index < -0.39 is 5.60 Å². The van der Waals surface area contributed by atoms with Crippen molar-refractivity contribution in [3.8, 4) is 0 Å². The molecule has 1 fully saturated rings. The van der Waals surface area contributed by atoms with Crippen molar-refractivity contribution in [1.29, 1.82) is 0 Å². The van der Waals surface area contributed by atoms with E-state index in [0.29, 0.717) is 25.9 Å². The molecule has 1 aromatic rings. The Bertz CT molecular complexity index is 453. The minimum absolute atomic E-state index is 0.114. The fourth-order valence-electron chi connectivity index (χ4n) is 2.62. The SMILES string of the molecule is CCCC1(O)CN(C(=O)CCc2cccc(N)c2)C1. The highest BCUT2D eigenvalue weighted by Crippen LogP contribution is 2.26. The smallest absolute Gasteiger partial charge is 0.223 e. The van der Waals surface area contributed by atoms with Gasteiger partial charge in [-0.3, -0.25) is 4.79 Å². The summed E-state index contributed by atoms with van der Waals surface area (Å²) in [7, 11) is 0. The maximum atomic E-state index is 12.0. The van der Waals surface area contributed by atoms with Gasteiger partial charge >= 0.3 is 0 Å². The van der Waals surface area contributed by atoms with Crippen molar-refractivity contribution in [3.63, 3.8) is 0 Å². The third-order valence-corrected chi connectivity index (χ3v) is 3.62. The minimum atomic E-state index is -0.637. The summed E-state index contributed by atoms with van der Waals surface area (Å²) in [5.74, 6) is 0.114. The van der Waals surface area contributed by atoms with Crippen LogP contribution in [0.3, 0.4) is 0 Å². The van der Waals surface area contributed by atoms with Gasteiger partial charge < -0.3 is 15.7 Å². The molecule has 0 saturated carbocycles. The Balaban J connectivity index is 1.77. The first-order valence-electron chi connectivity index (χ1n) is 6.87. The standard InChI is InChI=1S/C15H22N2O2/c1-2-8-15(19)10-17(11-15)14(18)7-6-12-4-3-5-13(16)9-12/h3-5,9,19H,2,6-8,10-11,16H2,1H3. The van der Waals surface area contributed by atoms with Crippen LogP contribution in [0.1, 0.15) is 31.7 Å². The van der Waals surface area contributed by atoms with Crippen LogP contribution in [0.4, 0.5) is 5.69 Å². The lowest BCUT2D eigenvalue weighted by molar-refractivity contribution is -0.156. The van der Waals surface area contributed by atoms with E-state index in [1.807, 2.05) is 31.2 Å². The molecule has 0 aliphatic carbocycles. The topological polar surface area (TPSA) is 66.6 Å². The van der Waals surface area contributed by atoms with E-state index in [-0.39, 0.29) is 5.91 Å². The summed E-state index contributed by atoms with van der Waals surface area (Å²) >= 11 is 0. The Kier molecular flexibility index (Phi) is 4.10. The van der Waals surface area contributed by atoms with Crippen molar-refractivity contribution < 1.29 is 9.90 Å². The molecule has 0 spiro atoms. The summed E-state index contributed by atoms with van der Waals surface area (Å²) in [5.41, 5.74) is 6.87. The summed E-state index contributed by atoms with van der Waals surface area (Å²) < 4.78 is 0. The quantitative estimate of drug-likeness (QED) is 0.792. The first-order valence-corrected chi connectivity index (χ1v) is 6.87. The van der Waals surface area contributed by atoms with Crippen LogP contribution in [-0.4, -0.2) is 34.6 Å². The third kappa shape index (κ3) is 3.47. The van der Waals surface area contributed by atoms with Gasteiger partial charge in [0.25, 0.3) is 0 Å². The number of aliphatic hydroxyl groups is 1. The number of rotatable bonds is 5. The second kappa shape index (κ2) is 5.61. The van der Waals surface area contributed by atoms with Gasteiger partial charge in [-0.05, 0) is 30.5 Å². The van der Waals surface area contributed by atoms with Crippen LogP contribution in [0.15, 0.2) is 24.3 Å². The summed E-state index contributed by atoms with van der Waals surface area (Å²) in [6.07, 6.45) is 2.89. The van der Waals surface area contributed by atoms with Crippen LogP contribution < -0.4 is 5.73 Å². The molecular formula is C15H22N2O2. The number of anilines is 1. The fraction of sp³-hybridized carbons (Fsp3) is 0.533. The number of aryl methyl sites for hydroxylation is 1. The highest BCUT2D eigenvalue weighted by atomic mass is 16.3. The molecule has 0 atom stereocenters. The molecule has 1 heterocycles. The average molecular weight is 262 g/mol. The number of carbonyl (C=O) groups is 1. The average Bonchev–Trinajstić information content (AvgIpc) is 2.33. The van der Waals surface area contributed by atoms with Gasteiger partial charge in [0.15, 0.2) is 0 Å². The molecule has 0 aromatic heterocycles. The van der Waals surface area contributed by atoms with E-state index in [4.69, 9.17) is 5.73 Å². The van der Waals surface area contributed by atoms with Crippen LogP contribution in [-0.2, 0) is 11.2 Å². The van der Waals surface area contributed by atoms with Gasteiger partial charge in [0.1, 0.15) is 0 Å². The molecular weight excluding hydrogens is 240 g/mol. The molecule has 4 heteroatoms. The molecule has 0 radical (unpaired) electrons. The number of likely N-dealkylation sites (tertiary alicyclic amines) is 1. The lowest BCUT2D eigenvalue weighted by Gasteiger charge is -2.46. The van der Waals surface area contributed by atoms with Gasteiger partial charge in [0.2, 0.25) is 5.91 Å². The van der Waals surface area contributed by atoms with Gasteiger partial charge in [-0.1, -0.05) is 25.5 Å². The van der Waals surface area contributed by atoms with Gasteiger partial charge in [0.05, 0.1) is 18.7 Å². The number of nitrogen functional groups attached to an aromatic ring is 1. The van der Waals surface area contributed by atoms with Crippen LogP contribution in [0.5, 0.6) is 0 Å². The van der Waals surface area contributed by atoms with Crippen molar-refractivity contribution >= 4 is 11.6 Å². The Hall–Kier alpha value is -1.55. The predicted molar refractivity (Wildman–Crippen MR) is 75.6 cm³/mol. The third-order valence-electron chi connectivity index (χ3n) is 3.62. The molecule has 19 heavy (non-hydrogen) atoms. The number of amides is 1. The molecule has 1 aliphatic heterocycles. The second-order valence-corrected chi connectivity index (χ2v) is 5.47. The minimum Gasteiger partial charge on any atom is -0.399 e. The van der Waals surface area contributed by atoms with E-state index in [0.717, 1.165) is 24.1 Å². The molecule has 0 unspecified atom stereocenters. The van der Waals surface area contributed by atoms with Crippen molar-refractivity contribution in [2.45, 2.75) is 38.2 Å². The van der Waals surface area contributed by atoms with Crippen molar-refractivity contribution in [2.24, 2.45) is 0 Å². The van der Waals surface area contributed by atoms with Gasteiger partial charge in [-0.25, -0.2) is 0 Å². The Morgan fingerprint density at radius 1 is 1.47 bits per heavy atom. The number of benzene rings is 1. The molecule has 1 saturated heterocycles. The summed E-state index contributed by atoms with van der Waals surface area (Å²) in [4.78, 5) is 13.7. The molecule has 2 rings (SSSR count). The van der Waals surface area contributed by atoms with E-state index >= 15 is 0 Å². The molecule has 1 aliphatic rings. The highest BCUT2D eigenvalue weighted by molar-refractivity contribution is 5.77. The van der Waals surface area contributed by atoms with Crippen molar-refractivity contribution in [2.75, 3.05) is 18.8 Å². The monoisotopic (exact) mass is 262 g/mol. The molecule has 4 nitrogen and oxygen atoms in total. The molecule has 1 aromatic carbocycles. The van der Waals surface area contributed by atoms with Crippen molar-refractivity contribution in [1.82, 2.24) is 4.90 Å². The Labute approximate surface area is 114 Å². The first kappa shape index (κ1) is 13.9. The normalized spacial score (nSPS) is 17.1. The van der Waals surface area contributed by atoms with Gasteiger partial charge in [0, 0.05) is 12.1 Å². The van der Waals surface area contributed by atoms with Crippen LogP contribution in [0.25, 0.3) is 0 Å². The van der Waals surface area contributed by atoms with E-state index in [2.05, 4.69) is 0 Å². The Morgan fingerprint density at radius 2 is 2.21 bits per heavy atom. The van der Waals surface area contributed by atoms with E-state index in [1.54, 1.807) is 4.90 Å². The summed E-state index contributed by atoms with van der Waals surface area (Å²) in [5, 5.41) is 10.0. The number of nitrogens with two attached hydrogens (primary N) is 1. The molecule has 3 N–H and O–H groups in total. The van der Waals surface area contributed by atoms with Crippen LogP contribution >= 0.6 is 0 Å². The number of hydrogen-bond donors (Lipinski definition) is 2.